The van der Waals surface area contributed by atoms with Crippen molar-refractivity contribution >= 4 is 5.97 Å². The molecular weight excluding hydrogens is 176 g/mol. The van der Waals surface area contributed by atoms with Crippen LogP contribution >= 0.6 is 0 Å². The quantitative estimate of drug-likeness (QED) is 0.501. The number of hydrogen-bond acceptors (Lipinski definition) is 1. The highest BCUT2D eigenvalue weighted by atomic mass is 16.4. The zero-order valence-electron chi connectivity index (χ0n) is 9.55. The van der Waals surface area contributed by atoms with E-state index in [1.807, 2.05) is 6.08 Å². The highest BCUT2D eigenvalue weighted by Crippen LogP contribution is 2.14. The van der Waals surface area contributed by atoms with E-state index >= 15 is 0 Å². The van der Waals surface area contributed by atoms with Crippen molar-refractivity contribution in [3.8, 4) is 0 Å². The smallest absolute Gasteiger partial charge is 0.330 e. The van der Waals surface area contributed by atoms with Crippen molar-refractivity contribution in [1.29, 1.82) is 0 Å². The van der Waals surface area contributed by atoms with Crippen molar-refractivity contribution in [3.05, 3.63) is 11.6 Å². The minimum atomic E-state index is -0.799. The van der Waals surface area contributed by atoms with E-state index in [4.69, 9.17) is 5.11 Å². The van der Waals surface area contributed by atoms with E-state index in [0.29, 0.717) is 5.57 Å². The minimum Gasteiger partial charge on any atom is -0.478 e. The van der Waals surface area contributed by atoms with Gasteiger partial charge < -0.3 is 5.11 Å². The molecule has 0 saturated carbocycles. The minimum absolute atomic E-state index is 0.466. The molecule has 2 heteroatoms. The Morgan fingerprint density at radius 3 is 2.57 bits per heavy atom. The van der Waals surface area contributed by atoms with Gasteiger partial charge in [-0.2, -0.15) is 0 Å². The van der Waals surface area contributed by atoms with Crippen molar-refractivity contribution in [2.45, 2.75) is 52.9 Å². The Bertz CT molecular complexity index is 194. The number of carboxylic acid groups (broad SMARTS) is 1. The summed E-state index contributed by atoms with van der Waals surface area (Å²) in [5.41, 5.74) is 0.466. The van der Waals surface area contributed by atoms with Crippen molar-refractivity contribution in [2.75, 3.05) is 0 Å². The summed E-state index contributed by atoms with van der Waals surface area (Å²) in [6, 6.07) is 0. The number of carbonyl (C=O) groups is 1. The van der Waals surface area contributed by atoms with Crippen LogP contribution in [0.1, 0.15) is 52.9 Å². The molecule has 0 rings (SSSR count). The van der Waals surface area contributed by atoms with E-state index in [0.717, 1.165) is 18.8 Å². The number of carboxylic acids is 1. The van der Waals surface area contributed by atoms with Crippen LogP contribution < -0.4 is 0 Å². The van der Waals surface area contributed by atoms with Gasteiger partial charge in [0.05, 0.1) is 0 Å². The average molecular weight is 198 g/mol. The third-order valence-electron chi connectivity index (χ3n) is 2.47. The summed E-state index contributed by atoms with van der Waals surface area (Å²) >= 11 is 0. The molecule has 2 nitrogen and oxygen atoms in total. The highest BCUT2D eigenvalue weighted by Gasteiger charge is 2.01. The van der Waals surface area contributed by atoms with Crippen LogP contribution in [0, 0.1) is 5.92 Å². The van der Waals surface area contributed by atoms with Crippen molar-refractivity contribution in [3.63, 3.8) is 0 Å². The van der Waals surface area contributed by atoms with Gasteiger partial charge in [-0.1, -0.05) is 39.2 Å². The van der Waals surface area contributed by atoms with Crippen LogP contribution in [-0.4, -0.2) is 11.1 Å². The summed E-state index contributed by atoms with van der Waals surface area (Å²) in [5.74, 6) is -0.0230. The summed E-state index contributed by atoms with van der Waals surface area (Å²) in [7, 11) is 0. The van der Waals surface area contributed by atoms with Crippen LogP contribution in [0.4, 0.5) is 0 Å². The molecule has 0 radical (unpaired) electrons. The fraction of sp³-hybridized carbons (Fsp3) is 0.750. The normalized spacial score (nSPS) is 14.1. The first-order chi connectivity index (χ1) is 6.57. The molecule has 0 amide bonds. The molecule has 0 fully saturated rings. The van der Waals surface area contributed by atoms with Crippen LogP contribution in [0.3, 0.4) is 0 Å². The molecule has 0 aliphatic carbocycles. The van der Waals surface area contributed by atoms with Crippen LogP contribution in [0.5, 0.6) is 0 Å². The molecule has 0 aromatic rings. The van der Waals surface area contributed by atoms with Crippen LogP contribution in [0.15, 0.2) is 11.6 Å². The number of aliphatic carboxylic acids is 1. The van der Waals surface area contributed by atoms with Gasteiger partial charge in [-0.05, 0) is 25.7 Å². The number of unbranched alkanes of at least 4 members (excludes halogenated alkanes) is 1. The number of allylic oxidation sites excluding steroid dienone is 1. The second-order valence-electron chi connectivity index (χ2n) is 4.02. The molecule has 0 spiro atoms. The Morgan fingerprint density at radius 2 is 2.07 bits per heavy atom. The van der Waals surface area contributed by atoms with Crippen LogP contribution in [-0.2, 0) is 4.79 Å². The molecule has 0 bridgehead atoms. The lowest BCUT2D eigenvalue weighted by Gasteiger charge is -2.07. The predicted octanol–water partition coefficient (Wildman–Crippen LogP) is 3.62. The lowest BCUT2D eigenvalue weighted by atomic mass is 9.99. The Labute approximate surface area is 87.0 Å². The molecule has 82 valence electrons. The van der Waals surface area contributed by atoms with Crippen LogP contribution in [0.25, 0.3) is 0 Å². The van der Waals surface area contributed by atoms with Gasteiger partial charge in [-0.3, -0.25) is 0 Å². The molecule has 0 aromatic carbocycles. The van der Waals surface area contributed by atoms with Crippen molar-refractivity contribution < 1.29 is 9.90 Å². The molecule has 1 N–H and O–H groups in total. The maximum atomic E-state index is 10.5. The number of hydrogen-bond donors (Lipinski definition) is 1. The molecule has 14 heavy (non-hydrogen) atoms. The third kappa shape index (κ3) is 6.70. The van der Waals surface area contributed by atoms with E-state index in [9.17, 15) is 4.79 Å². The molecule has 1 unspecified atom stereocenters. The van der Waals surface area contributed by atoms with E-state index in [1.54, 1.807) is 6.92 Å². The largest absolute Gasteiger partial charge is 0.478 e. The summed E-state index contributed by atoms with van der Waals surface area (Å²) < 4.78 is 0. The molecule has 0 aliphatic heterocycles. The lowest BCUT2D eigenvalue weighted by molar-refractivity contribution is -0.132. The van der Waals surface area contributed by atoms with Gasteiger partial charge in [-0.25, -0.2) is 4.79 Å². The SMILES string of the molecule is CCCC(C)CCCC=C(C)C(=O)O. The first-order valence-corrected chi connectivity index (χ1v) is 5.48. The predicted molar refractivity (Wildman–Crippen MR) is 59.3 cm³/mol. The first kappa shape index (κ1) is 13.2. The molecular formula is C12H22O2. The lowest BCUT2D eigenvalue weighted by Crippen LogP contribution is -1.96. The molecule has 0 aliphatic rings. The molecule has 0 saturated heterocycles. The zero-order chi connectivity index (χ0) is 11.0. The van der Waals surface area contributed by atoms with Gasteiger partial charge in [0, 0.05) is 5.57 Å². The summed E-state index contributed by atoms with van der Waals surface area (Å²) in [4.78, 5) is 10.5. The van der Waals surface area contributed by atoms with Crippen LogP contribution in [0.2, 0.25) is 0 Å². The fourth-order valence-electron chi connectivity index (χ4n) is 1.51. The number of rotatable bonds is 7. The van der Waals surface area contributed by atoms with E-state index in [1.165, 1.54) is 19.3 Å². The first-order valence-electron chi connectivity index (χ1n) is 5.48. The summed E-state index contributed by atoms with van der Waals surface area (Å²) in [6.45, 7) is 6.11. The maximum absolute atomic E-state index is 10.5. The maximum Gasteiger partial charge on any atom is 0.330 e. The van der Waals surface area contributed by atoms with E-state index in [2.05, 4.69) is 13.8 Å². The standard InChI is InChI=1S/C12H22O2/c1-4-7-10(2)8-5-6-9-11(3)12(13)14/h9-10H,4-8H2,1-3H3,(H,13,14). The van der Waals surface area contributed by atoms with E-state index in [-0.39, 0.29) is 0 Å². The highest BCUT2D eigenvalue weighted by molar-refractivity contribution is 5.85. The van der Waals surface area contributed by atoms with Gasteiger partial charge in [0.15, 0.2) is 0 Å². The van der Waals surface area contributed by atoms with Gasteiger partial charge in [0.1, 0.15) is 0 Å². The second kappa shape index (κ2) is 7.60. The summed E-state index contributed by atoms with van der Waals surface area (Å²) in [6.07, 6.45) is 7.54. The van der Waals surface area contributed by atoms with Gasteiger partial charge in [0.2, 0.25) is 0 Å². The molecule has 1 atom stereocenters. The zero-order valence-corrected chi connectivity index (χ0v) is 9.55. The van der Waals surface area contributed by atoms with Gasteiger partial charge in [0.25, 0.3) is 0 Å². The Morgan fingerprint density at radius 1 is 1.43 bits per heavy atom. The topological polar surface area (TPSA) is 37.3 Å². The van der Waals surface area contributed by atoms with Crippen molar-refractivity contribution in [2.24, 2.45) is 5.92 Å². The molecule has 0 aromatic heterocycles. The third-order valence-corrected chi connectivity index (χ3v) is 2.47. The van der Waals surface area contributed by atoms with Crippen molar-refractivity contribution in [1.82, 2.24) is 0 Å². The van der Waals surface area contributed by atoms with Gasteiger partial charge in [-0.15, -0.1) is 0 Å². The second-order valence-corrected chi connectivity index (χ2v) is 4.02. The molecule has 0 heterocycles. The Balaban J connectivity index is 3.55. The van der Waals surface area contributed by atoms with E-state index < -0.39 is 5.97 Å². The Hall–Kier alpha value is -0.790. The average Bonchev–Trinajstić information content (AvgIpc) is 2.12. The monoisotopic (exact) mass is 198 g/mol. The van der Waals surface area contributed by atoms with Gasteiger partial charge >= 0.3 is 5.97 Å². The Kier molecular flexibility index (Phi) is 7.17. The summed E-state index contributed by atoms with van der Waals surface area (Å²) in [5, 5.41) is 8.61. The fourth-order valence-corrected chi connectivity index (χ4v) is 1.51.